The summed E-state index contributed by atoms with van der Waals surface area (Å²) in [6.45, 7) is 0.0292. The van der Waals surface area contributed by atoms with Crippen LogP contribution in [0.25, 0.3) is 0 Å². The van der Waals surface area contributed by atoms with Gasteiger partial charge < -0.3 is 11.1 Å². The Balaban J connectivity index is 2.34. The van der Waals surface area contributed by atoms with Crippen molar-refractivity contribution >= 4 is 17.4 Å². The highest BCUT2D eigenvalue weighted by Gasteiger charge is 2.34. The second-order valence-electron chi connectivity index (χ2n) is 4.19. The van der Waals surface area contributed by atoms with Crippen LogP contribution in [0, 0.1) is 5.92 Å². The minimum atomic E-state index is -4.41. The van der Waals surface area contributed by atoms with E-state index in [1.54, 1.807) is 0 Å². The van der Waals surface area contributed by atoms with Crippen LogP contribution in [0.1, 0.15) is 16.2 Å². The zero-order valence-electron chi connectivity index (χ0n) is 9.62. The molecule has 1 atom stereocenters. The van der Waals surface area contributed by atoms with Crippen molar-refractivity contribution in [1.29, 1.82) is 0 Å². The lowest BCUT2D eigenvalue weighted by molar-refractivity contribution is -0.128. The van der Waals surface area contributed by atoms with E-state index in [1.165, 1.54) is 12.1 Å². The summed E-state index contributed by atoms with van der Waals surface area (Å²) in [5, 5.41) is 2.75. The van der Waals surface area contributed by atoms with Gasteiger partial charge in [0.1, 0.15) is 11.6 Å². The van der Waals surface area contributed by atoms with Gasteiger partial charge in [-0.15, -0.1) is 0 Å². The van der Waals surface area contributed by atoms with Gasteiger partial charge >= 0.3 is 6.18 Å². The summed E-state index contributed by atoms with van der Waals surface area (Å²) >= 11 is 0. The van der Waals surface area contributed by atoms with Crippen LogP contribution in [0.2, 0.25) is 0 Å². The number of ketones is 1. The number of anilines is 1. The first-order valence-corrected chi connectivity index (χ1v) is 5.42. The highest BCUT2D eigenvalue weighted by molar-refractivity contribution is 6.13. The average molecular weight is 273 g/mol. The third kappa shape index (κ3) is 2.83. The summed E-state index contributed by atoms with van der Waals surface area (Å²) in [5.74, 6) is -2.57. The molecular weight excluding hydrogens is 263 g/mol. The first kappa shape index (κ1) is 13.3. The van der Waals surface area contributed by atoms with Crippen molar-refractivity contribution in [1.82, 2.24) is 4.98 Å². The van der Waals surface area contributed by atoms with Gasteiger partial charge in [-0.25, -0.2) is 4.98 Å². The van der Waals surface area contributed by atoms with Crippen LogP contribution in [0.5, 0.6) is 0 Å². The van der Waals surface area contributed by atoms with Crippen LogP contribution in [0.15, 0.2) is 12.1 Å². The smallest absolute Gasteiger partial charge is 0.382 e. The minimum absolute atomic E-state index is 0.0292. The lowest BCUT2D eigenvalue weighted by atomic mass is 9.95. The van der Waals surface area contributed by atoms with Crippen LogP contribution in [0.4, 0.5) is 18.9 Å². The Hall–Kier alpha value is -2.12. The number of alkyl halides is 3. The van der Waals surface area contributed by atoms with E-state index in [9.17, 15) is 22.8 Å². The number of nitrogens with one attached hydrogen (secondary N) is 1. The van der Waals surface area contributed by atoms with E-state index >= 15 is 0 Å². The van der Waals surface area contributed by atoms with Gasteiger partial charge in [0.05, 0.1) is 17.8 Å². The SMILES string of the molecule is NC(=O)C1CNc2ccc(CC(F)(F)F)nc2C1=O. The van der Waals surface area contributed by atoms with E-state index in [1.807, 2.05) is 0 Å². The third-order valence-corrected chi connectivity index (χ3v) is 2.72. The normalized spacial score (nSPS) is 18.7. The van der Waals surface area contributed by atoms with Gasteiger partial charge in [-0.05, 0) is 12.1 Å². The monoisotopic (exact) mass is 273 g/mol. The number of primary amides is 1. The zero-order chi connectivity index (χ0) is 14.2. The molecule has 0 aliphatic carbocycles. The summed E-state index contributed by atoms with van der Waals surface area (Å²) in [6.07, 6.45) is -5.63. The zero-order valence-corrected chi connectivity index (χ0v) is 9.62. The molecule has 0 saturated heterocycles. The molecule has 0 spiro atoms. The maximum Gasteiger partial charge on any atom is 0.394 e. The molecular formula is C11H10F3N3O2. The Morgan fingerprint density at radius 1 is 1.47 bits per heavy atom. The summed E-state index contributed by atoms with van der Waals surface area (Å²) in [7, 11) is 0. The van der Waals surface area contributed by atoms with Crippen molar-refractivity contribution in [2.75, 3.05) is 11.9 Å². The van der Waals surface area contributed by atoms with Gasteiger partial charge in [-0.1, -0.05) is 0 Å². The molecule has 8 heteroatoms. The van der Waals surface area contributed by atoms with Crippen LogP contribution in [-0.4, -0.2) is 29.4 Å². The fourth-order valence-electron chi connectivity index (χ4n) is 1.83. The molecule has 3 N–H and O–H groups in total. The molecule has 2 heterocycles. The van der Waals surface area contributed by atoms with Crippen molar-refractivity contribution in [2.24, 2.45) is 11.7 Å². The second-order valence-corrected chi connectivity index (χ2v) is 4.19. The number of pyridine rings is 1. The number of hydrogen-bond acceptors (Lipinski definition) is 4. The standard InChI is InChI=1S/C11H10F3N3O2/c12-11(13,14)3-5-1-2-7-8(17-5)9(18)6(4-16-7)10(15)19/h1-2,6,16H,3-4H2,(H2,15,19). The van der Waals surface area contributed by atoms with Gasteiger partial charge in [0, 0.05) is 6.54 Å². The van der Waals surface area contributed by atoms with Crippen molar-refractivity contribution in [2.45, 2.75) is 12.6 Å². The topological polar surface area (TPSA) is 85.1 Å². The molecule has 1 amide bonds. The van der Waals surface area contributed by atoms with E-state index in [2.05, 4.69) is 10.3 Å². The van der Waals surface area contributed by atoms with Crippen molar-refractivity contribution in [3.05, 3.63) is 23.5 Å². The molecule has 1 aromatic rings. The molecule has 19 heavy (non-hydrogen) atoms. The molecule has 5 nitrogen and oxygen atoms in total. The number of carbonyl (C=O) groups excluding carboxylic acids is 2. The number of nitrogens with zero attached hydrogens (tertiary/aromatic N) is 1. The minimum Gasteiger partial charge on any atom is -0.382 e. The van der Waals surface area contributed by atoms with E-state index in [0.717, 1.165) is 0 Å². The van der Waals surface area contributed by atoms with Crippen molar-refractivity contribution in [3.63, 3.8) is 0 Å². The Morgan fingerprint density at radius 2 is 2.16 bits per heavy atom. The molecule has 2 rings (SSSR count). The lowest BCUT2D eigenvalue weighted by Gasteiger charge is -2.22. The molecule has 0 aromatic carbocycles. The number of rotatable bonds is 2. The van der Waals surface area contributed by atoms with Crippen LogP contribution in [-0.2, 0) is 11.2 Å². The Labute approximate surface area is 106 Å². The molecule has 0 radical (unpaired) electrons. The molecule has 0 fully saturated rings. The maximum atomic E-state index is 12.3. The summed E-state index contributed by atoms with van der Waals surface area (Å²) < 4.78 is 36.8. The highest BCUT2D eigenvalue weighted by Crippen LogP contribution is 2.26. The Kier molecular flexibility index (Phi) is 3.17. The summed E-state index contributed by atoms with van der Waals surface area (Å²) in [5.41, 5.74) is 4.92. The van der Waals surface area contributed by atoms with Crippen molar-refractivity contribution < 1.29 is 22.8 Å². The van der Waals surface area contributed by atoms with Crippen LogP contribution >= 0.6 is 0 Å². The van der Waals surface area contributed by atoms with E-state index in [0.29, 0.717) is 5.69 Å². The van der Waals surface area contributed by atoms with Gasteiger partial charge in [0.15, 0.2) is 5.78 Å². The van der Waals surface area contributed by atoms with E-state index in [4.69, 9.17) is 5.73 Å². The summed E-state index contributed by atoms with van der Waals surface area (Å²) in [4.78, 5) is 26.6. The molecule has 0 bridgehead atoms. The van der Waals surface area contributed by atoms with E-state index in [-0.39, 0.29) is 17.9 Å². The third-order valence-electron chi connectivity index (χ3n) is 2.72. The molecule has 0 saturated carbocycles. The fraction of sp³-hybridized carbons (Fsp3) is 0.364. The number of halogens is 3. The van der Waals surface area contributed by atoms with E-state index < -0.39 is 30.2 Å². The molecule has 1 unspecified atom stereocenters. The average Bonchev–Trinajstić information content (AvgIpc) is 2.27. The number of Topliss-reactive ketones (excluding diaryl/α,β-unsaturated/α-hetero) is 1. The summed E-state index contributed by atoms with van der Waals surface area (Å²) in [6, 6.07) is 2.54. The Bertz CT molecular complexity index is 542. The maximum absolute atomic E-state index is 12.3. The number of carbonyl (C=O) groups is 2. The highest BCUT2D eigenvalue weighted by atomic mass is 19.4. The number of aromatic nitrogens is 1. The molecule has 1 aromatic heterocycles. The molecule has 1 aliphatic rings. The number of nitrogens with two attached hydrogens (primary N) is 1. The van der Waals surface area contributed by atoms with Gasteiger partial charge in [0.25, 0.3) is 0 Å². The first-order chi connectivity index (χ1) is 8.78. The van der Waals surface area contributed by atoms with Crippen LogP contribution < -0.4 is 11.1 Å². The quantitative estimate of drug-likeness (QED) is 0.784. The fourth-order valence-corrected chi connectivity index (χ4v) is 1.83. The van der Waals surface area contributed by atoms with Crippen LogP contribution in [0.3, 0.4) is 0 Å². The van der Waals surface area contributed by atoms with Crippen molar-refractivity contribution in [3.8, 4) is 0 Å². The number of hydrogen-bond donors (Lipinski definition) is 2. The Morgan fingerprint density at radius 3 is 2.74 bits per heavy atom. The first-order valence-electron chi connectivity index (χ1n) is 5.42. The lowest BCUT2D eigenvalue weighted by Crippen LogP contribution is -2.40. The largest absolute Gasteiger partial charge is 0.394 e. The number of amides is 1. The van der Waals surface area contributed by atoms with Gasteiger partial charge in [-0.2, -0.15) is 13.2 Å². The van der Waals surface area contributed by atoms with Gasteiger partial charge in [-0.3, -0.25) is 9.59 Å². The van der Waals surface area contributed by atoms with Gasteiger partial charge in [0.2, 0.25) is 5.91 Å². The predicted molar refractivity (Wildman–Crippen MR) is 59.5 cm³/mol. The predicted octanol–water partition coefficient (Wildman–Crippen LogP) is 0.896. The molecule has 1 aliphatic heterocycles. The second kappa shape index (κ2) is 4.52. The number of fused-ring (bicyclic) bond motifs is 1. The molecule has 102 valence electrons.